The standard InChI is InChI=1S/C20H19ClF2N4O/c1-13-17(21)11-16(19(28)26-15-5-2-4-14(10-15)12-24)18(25-13)27-8-3-6-20(22,23)7-9-27/h2,4-5,10-11H,3,6-9H2,1H3,(H,26,28). The molecule has 0 radical (unpaired) electrons. The number of hydrogen-bond acceptors (Lipinski definition) is 4. The number of halogens is 3. The molecule has 0 atom stereocenters. The van der Waals surface area contributed by atoms with Gasteiger partial charge in [-0.3, -0.25) is 4.79 Å². The summed E-state index contributed by atoms with van der Waals surface area (Å²) in [5.41, 5.74) is 1.60. The van der Waals surface area contributed by atoms with Crippen LogP contribution in [0.1, 0.15) is 40.9 Å². The number of alkyl halides is 2. The number of nitriles is 1. The minimum atomic E-state index is -2.71. The van der Waals surface area contributed by atoms with Crippen LogP contribution in [0.4, 0.5) is 20.3 Å². The highest BCUT2D eigenvalue weighted by Gasteiger charge is 2.33. The highest BCUT2D eigenvalue weighted by molar-refractivity contribution is 6.31. The maximum absolute atomic E-state index is 13.7. The Morgan fingerprint density at radius 2 is 2.11 bits per heavy atom. The Balaban J connectivity index is 1.92. The van der Waals surface area contributed by atoms with Crippen molar-refractivity contribution in [2.45, 2.75) is 32.1 Å². The number of benzene rings is 1. The Hall–Kier alpha value is -2.72. The lowest BCUT2D eigenvalue weighted by Crippen LogP contribution is -2.29. The minimum Gasteiger partial charge on any atom is -0.356 e. The summed E-state index contributed by atoms with van der Waals surface area (Å²) in [6.07, 6.45) is -0.165. The van der Waals surface area contributed by atoms with Crippen LogP contribution < -0.4 is 10.2 Å². The van der Waals surface area contributed by atoms with Gasteiger partial charge in [-0.05, 0) is 37.6 Å². The van der Waals surface area contributed by atoms with Gasteiger partial charge in [0.1, 0.15) is 5.82 Å². The largest absolute Gasteiger partial charge is 0.356 e. The Morgan fingerprint density at radius 1 is 1.32 bits per heavy atom. The molecular formula is C20H19ClF2N4O. The van der Waals surface area contributed by atoms with E-state index >= 15 is 0 Å². The van der Waals surface area contributed by atoms with Crippen LogP contribution in [0.5, 0.6) is 0 Å². The van der Waals surface area contributed by atoms with Crippen molar-refractivity contribution in [2.75, 3.05) is 23.3 Å². The number of aryl methyl sites for hydroxylation is 1. The number of nitrogens with zero attached hydrogens (tertiary/aromatic N) is 3. The van der Waals surface area contributed by atoms with Crippen LogP contribution >= 0.6 is 11.6 Å². The van der Waals surface area contributed by atoms with Gasteiger partial charge in [-0.2, -0.15) is 5.26 Å². The highest BCUT2D eigenvalue weighted by atomic mass is 35.5. The van der Waals surface area contributed by atoms with Crippen LogP contribution in [0.2, 0.25) is 5.02 Å². The zero-order chi connectivity index (χ0) is 20.3. The molecule has 1 amide bonds. The summed E-state index contributed by atoms with van der Waals surface area (Å²) < 4.78 is 27.5. The summed E-state index contributed by atoms with van der Waals surface area (Å²) in [6, 6.07) is 10.0. The molecule has 0 unspecified atom stereocenters. The van der Waals surface area contributed by atoms with Gasteiger partial charge in [0.05, 0.1) is 27.9 Å². The first-order valence-corrected chi connectivity index (χ1v) is 9.28. The third-order valence-electron chi connectivity index (χ3n) is 4.64. The van der Waals surface area contributed by atoms with Crippen molar-refractivity contribution in [3.8, 4) is 6.07 Å². The minimum absolute atomic E-state index is 0.102. The number of anilines is 2. The molecule has 1 aromatic heterocycles. The van der Waals surface area contributed by atoms with Gasteiger partial charge in [0.2, 0.25) is 5.92 Å². The van der Waals surface area contributed by atoms with E-state index in [0.717, 1.165) is 0 Å². The molecule has 1 fully saturated rings. The van der Waals surface area contributed by atoms with Gasteiger partial charge in [0.15, 0.2) is 0 Å². The molecule has 2 heterocycles. The van der Waals surface area contributed by atoms with E-state index in [0.29, 0.717) is 40.8 Å². The van der Waals surface area contributed by atoms with Crippen LogP contribution in [0.15, 0.2) is 30.3 Å². The number of carbonyl (C=O) groups is 1. The molecule has 1 aliphatic rings. The molecule has 3 rings (SSSR count). The van der Waals surface area contributed by atoms with E-state index in [1.165, 1.54) is 6.07 Å². The predicted octanol–water partition coefficient (Wildman–Crippen LogP) is 4.79. The van der Waals surface area contributed by atoms with Crippen molar-refractivity contribution >= 4 is 29.0 Å². The summed E-state index contributed by atoms with van der Waals surface area (Å²) in [5.74, 6) is -2.83. The lowest BCUT2D eigenvalue weighted by molar-refractivity contribution is -0.0102. The molecule has 8 heteroatoms. The fourth-order valence-electron chi connectivity index (χ4n) is 3.12. The molecule has 5 nitrogen and oxygen atoms in total. The predicted molar refractivity (Wildman–Crippen MR) is 104 cm³/mol. The molecule has 2 aromatic rings. The molecule has 1 aliphatic heterocycles. The number of nitrogens with one attached hydrogen (secondary N) is 1. The van der Waals surface area contributed by atoms with Gasteiger partial charge >= 0.3 is 0 Å². The fraction of sp³-hybridized carbons (Fsp3) is 0.350. The Labute approximate surface area is 166 Å². The first-order chi connectivity index (χ1) is 13.3. The maximum atomic E-state index is 13.7. The summed E-state index contributed by atoms with van der Waals surface area (Å²) in [4.78, 5) is 19.0. The second-order valence-electron chi connectivity index (χ2n) is 6.77. The Morgan fingerprint density at radius 3 is 2.86 bits per heavy atom. The zero-order valence-corrected chi connectivity index (χ0v) is 16.1. The van der Waals surface area contributed by atoms with E-state index in [-0.39, 0.29) is 24.9 Å². The molecule has 0 aliphatic carbocycles. The van der Waals surface area contributed by atoms with Gasteiger partial charge in [0.25, 0.3) is 5.91 Å². The van der Waals surface area contributed by atoms with Crippen LogP contribution in [-0.2, 0) is 0 Å². The van der Waals surface area contributed by atoms with Crippen molar-refractivity contribution in [3.63, 3.8) is 0 Å². The van der Waals surface area contributed by atoms with E-state index < -0.39 is 11.8 Å². The number of amides is 1. The Bertz CT molecular complexity index is 942. The van der Waals surface area contributed by atoms with Crippen molar-refractivity contribution in [1.82, 2.24) is 4.98 Å². The van der Waals surface area contributed by atoms with Crippen molar-refractivity contribution < 1.29 is 13.6 Å². The fourth-order valence-corrected chi connectivity index (χ4v) is 3.27. The van der Waals surface area contributed by atoms with E-state index in [4.69, 9.17) is 16.9 Å². The summed E-state index contributed by atoms with van der Waals surface area (Å²) >= 11 is 6.17. The van der Waals surface area contributed by atoms with E-state index in [2.05, 4.69) is 10.3 Å². The quantitative estimate of drug-likeness (QED) is 0.798. The van der Waals surface area contributed by atoms with Crippen LogP contribution in [-0.4, -0.2) is 29.9 Å². The Kier molecular flexibility index (Phi) is 5.80. The van der Waals surface area contributed by atoms with Gasteiger partial charge in [-0.1, -0.05) is 17.7 Å². The number of hydrogen-bond donors (Lipinski definition) is 1. The average molecular weight is 405 g/mol. The summed E-state index contributed by atoms with van der Waals surface area (Å²) in [7, 11) is 0. The first kappa shape index (κ1) is 20.0. The SMILES string of the molecule is Cc1nc(N2CCCC(F)(F)CC2)c(C(=O)Nc2cccc(C#N)c2)cc1Cl. The maximum Gasteiger partial charge on any atom is 0.259 e. The molecule has 0 spiro atoms. The highest BCUT2D eigenvalue weighted by Crippen LogP contribution is 2.32. The van der Waals surface area contributed by atoms with Crippen LogP contribution in [0, 0.1) is 18.3 Å². The van der Waals surface area contributed by atoms with E-state index in [1.807, 2.05) is 6.07 Å². The molecule has 28 heavy (non-hydrogen) atoms. The molecule has 0 saturated carbocycles. The lowest BCUT2D eigenvalue weighted by atomic mass is 10.1. The number of aromatic nitrogens is 1. The number of carbonyl (C=O) groups excluding carboxylic acids is 1. The van der Waals surface area contributed by atoms with Gasteiger partial charge in [-0.25, -0.2) is 13.8 Å². The molecular weight excluding hydrogens is 386 g/mol. The number of rotatable bonds is 3. The van der Waals surface area contributed by atoms with Crippen LogP contribution in [0.25, 0.3) is 0 Å². The average Bonchev–Trinajstić information content (AvgIpc) is 2.84. The molecule has 1 saturated heterocycles. The van der Waals surface area contributed by atoms with Gasteiger partial charge in [-0.15, -0.1) is 0 Å². The third-order valence-corrected chi connectivity index (χ3v) is 5.03. The lowest BCUT2D eigenvalue weighted by Gasteiger charge is -2.24. The molecule has 1 aromatic carbocycles. The van der Waals surface area contributed by atoms with Crippen molar-refractivity contribution in [2.24, 2.45) is 0 Å². The molecule has 0 bridgehead atoms. The van der Waals surface area contributed by atoms with E-state index in [9.17, 15) is 13.6 Å². The zero-order valence-electron chi connectivity index (χ0n) is 15.3. The van der Waals surface area contributed by atoms with Crippen molar-refractivity contribution in [3.05, 3.63) is 52.2 Å². The second kappa shape index (κ2) is 8.11. The van der Waals surface area contributed by atoms with Gasteiger partial charge < -0.3 is 10.2 Å². The molecule has 146 valence electrons. The normalized spacial score (nSPS) is 16.2. The first-order valence-electron chi connectivity index (χ1n) is 8.90. The summed E-state index contributed by atoms with van der Waals surface area (Å²) in [5, 5.41) is 12.1. The summed E-state index contributed by atoms with van der Waals surface area (Å²) in [6.45, 7) is 2.19. The topological polar surface area (TPSA) is 69.0 Å². The van der Waals surface area contributed by atoms with Crippen molar-refractivity contribution in [1.29, 1.82) is 5.26 Å². The number of pyridine rings is 1. The second-order valence-corrected chi connectivity index (χ2v) is 7.18. The third kappa shape index (κ3) is 4.57. The van der Waals surface area contributed by atoms with Gasteiger partial charge in [0, 0.05) is 31.6 Å². The smallest absolute Gasteiger partial charge is 0.259 e. The molecule has 1 N–H and O–H groups in total. The van der Waals surface area contributed by atoms with E-state index in [1.54, 1.807) is 36.1 Å². The monoisotopic (exact) mass is 404 g/mol. The van der Waals surface area contributed by atoms with Crippen LogP contribution in [0.3, 0.4) is 0 Å².